The molecule has 0 saturated carbocycles. The van der Waals surface area contributed by atoms with Gasteiger partial charge in [-0.1, -0.05) is 42.5 Å². The summed E-state index contributed by atoms with van der Waals surface area (Å²) in [6, 6.07) is 11.4. The molecule has 0 aliphatic carbocycles. The fourth-order valence-corrected chi connectivity index (χ4v) is 3.09. The number of rotatable bonds is 10. The van der Waals surface area contributed by atoms with Crippen LogP contribution in [-0.2, 0) is 19.1 Å². The van der Waals surface area contributed by atoms with Crippen LogP contribution >= 0.6 is 11.8 Å². The molecule has 13 heteroatoms. The van der Waals surface area contributed by atoms with Gasteiger partial charge in [-0.05, 0) is 18.4 Å². The molecule has 0 spiro atoms. The molecule has 9 nitrogen and oxygen atoms in total. The van der Waals surface area contributed by atoms with E-state index >= 15 is 0 Å². The van der Waals surface area contributed by atoms with Crippen molar-refractivity contribution in [1.29, 1.82) is 5.41 Å². The lowest BCUT2D eigenvalue weighted by Crippen LogP contribution is -2.60. The number of Topliss-reactive ketones (excluding diaryl/α,β-unsaturated/α-hetero) is 2. The summed E-state index contributed by atoms with van der Waals surface area (Å²) in [5.41, 5.74) is 7.62. The quantitative estimate of drug-likeness (QED) is 0.108. The lowest BCUT2D eigenvalue weighted by molar-refractivity contribution is -0.205. The third-order valence-corrected chi connectivity index (χ3v) is 5.35. The van der Waals surface area contributed by atoms with E-state index in [1.165, 1.54) is 48.7 Å². The molecule has 2 unspecified atom stereocenters. The molecule has 0 aromatic heterocycles. The first-order valence-corrected chi connectivity index (χ1v) is 11.0. The molecule has 2 rings (SSSR count). The van der Waals surface area contributed by atoms with Crippen LogP contribution in [0.3, 0.4) is 0 Å². The van der Waals surface area contributed by atoms with Gasteiger partial charge in [0.1, 0.15) is 11.6 Å². The van der Waals surface area contributed by atoms with E-state index in [0.717, 1.165) is 23.9 Å². The van der Waals surface area contributed by atoms with Gasteiger partial charge in [0, 0.05) is 17.5 Å². The summed E-state index contributed by atoms with van der Waals surface area (Å²) in [4.78, 5) is 51.3. The number of alkyl halides is 3. The van der Waals surface area contributed by atoms with Crippen LogP contribution in [0.2, 0.25) is 0 Å². The Kier molecular flexibility index (Phi) is 8.77. The van der Waals surface area contributed by atoms with Crippen LogP contribution in [0.5, 0.6) is 5.75 Å². The highest BCUT2D eigenvalue weighted by Crippen LogP contribution is 2.29. The predicted molar refractivity (Wildman–Crippen MR) is 120 cm³/mol. The van der Waals surface area contributed by atoms with Gasteiger partial charge in [0.15, 0.2) is 5.78 Å². The largest absolute Gasteiger partial charge is 0.491 e. The average molecular weight is 511 g/mol. The zero-order valence-electron chi connectivity index (χ0n) is 18.1. The van der Waals surface area contributed by atoms with Gasteiger partial charge >= 0.3 is 23.7 Å². The standard InChI is InChI=1S/C22H20F3N3O6S/c1-35-16(26)11-15(29)21(34-14-5-3-2-4-6-14,19(31)33-20(32)22(23,24)25)17(30)12-7-9-13(10-8-12)18(27)28/h2-10,16H,11,26H2,1H3,(H3,27,28). The molecule has 2 aromatic carbocycles. The number of halogens is 3. The Hall–Kier alpha value is -3.71. The van der Waals surface area contributed by atoms with E-state index in [4.69, 9.17) is 21.6 Å². The van der Waals surface area contributed by atoms with Crippen molar-refractivity contribution in [1.82, 2.24) is 0 Å². The number of para-hydroxylation sites is 1. The van der Waals surface area contributed by atoms with Crippen molar-refractivity contribution < 1.29 is 41.8 Å². The molecule has 35 heavy (non-hydrogen) atoms. The molecular weight excluding hydrogens is 491 g/mol. The van der Waals surface area contributed by atoms with Gasteiger partial charge in [0.25, 0.3) is 0 Å². The maximum atomic E-state index is 13.6. The Morgan fingerprint density at radius 2 is 1.51 bits per heavy atom. The maximum absolute atomic E-state index is 13.6. The number of hydrogen-bond donors (Lipinski definition) is 3. The van der Waals surface area contributed by atoms with Crippen LogP contribution in [0.25, 0.3) is 0 Å². The van der Waals surface area contributed by atoms with Crippen LogP contribution in [0.1, 0.15) is 22.3 Å². The van der Waals surface area contributed by atoms with Crippen LogP contribution in [-0.4, -0.2) is 52.7 Å². The fourth-order valence-electron chi connectivity index (χ4n) is 2.77. The first-order chi connectivity index (χ1) is 16.3. The van der Waals surface area contributed by atoms with Crippen molar-refractivity contribution in [3.8, 4) is 5.75 Å². The summed E-state index contributed by atoms with van der Waals surface area (Å²) in [7, 11) is 0. The molecule has 0 aliphatic rings. The molecule has 0 saturated heterocycles. The normalized spacial score (nSPS) is 13.7. The second-order valence-corrected chi connectivity index (χ2v) is 8.07. The number of hydrogen-bond acceptors (Lipinski definition) is 9. The average Bonchev–Trinajstić information content (AvgIpc) is 2.81. The number of carbonyl (C=O) groups excluding carboxylic acids is 4. The van der Waals surface area contributed by atoms with Crippen LogP contribution in [0.15, 0.2) is 54.6 Å². The maximum Gasteiger partial charge on any atom is 0.491 e. The molecule has 2 aromatic rings. The number of nitrogens with one attached hydrogen (secondary N) is 1. The van der Waals surface area contributed by atoms with Gasteiger partial charge in [-0.3, -0.25) is 15.0 Å². The Morgan fingerprint density at radius 3 is 2.00 bits per heavy atom. The van der Waals surface area contributed by atoms with Crippen molar-refractivity contribution in [2.24, 2.45) is 11.5 Å². The minimum atomic E-state index is -5.60. The van der Waals surface area contributed by atoms with E-state index in [1.807, 2.05) is 0 Å². The second-order valence-electron chi connectivity index (χ2n) is 6.99. The minimum Gasteiger partial charge on any atom is -0.460 e. The smallest absolute Gasteiger partial charge is 0.460 e. The van der Waals surface area contributed by atoms with Gasteiger partial charge in [-0.2, -0.15) is 13.2 Å². The van der Waals surface area contributed by atoms with E-state index in [0.29, 0.717) is 0 Å². The van der Waals surface area contributed by atoms with E-state index in [9.17, 15) is 32.3 Å². The minimum absolute atomic E-state index is 0.182. The Balaban J connectivity index is 2.71. The molecule has 5 N–H and O–H groups in total. The number of nitrogen functional groups attached to an aromatic ring is 1. The molecule has 0 heterocycles. The zero-order valence-corrected chi connectivity index (χ0v) is 18.9. The molecule has 0 amide bonds. The van der Waals surface area contributed by atoms with Gasteiger partial charge in [-0.25, -0.2) is 9.59 Å². The molecule has 0 fully saturated rings. The summed E-state index contributed by atoms with van der Waals surface area (Å²) < 4.78 is 47.9. The lowest BCUT2D eigenvalue weighted by Gasteiger charge is -2.30. The summed E-state index contributed by atoms with van der Waals surface area (Å²) in [6.07, 6.45) is -4.77. The molecule has 0 bridgehead atoms. The Labute approximate surface area is 201 Å². The molecule has 0 aliphatic heterocycles. The number of nitrogens with two attached hydrogens (primary N) is 2. The second kappa shape index (κ2) is 11.1. The first-order valence-electron chi connectivity index (χ1n) is 9.71. The number of benzene rings is 2. The third-order valence-electron chi connectivity index (χ3n) is 4.58. The van der Waals surface area contributed by atoms with Gasteiger partial charge in [-0.15, -0.1) is 11.8 Å². The zero-order chi connectivity index (χ0) is 26.4. The number of carbonyl (C=O) groups is 4. The van der Waals surface area contributed by atoms with E-state index in [-0.39, 0.29) is 22.7 Å². The fraction of sp³-hybridized carbons (Fsp3) is 0.227. The monoisotopic (exact) mass is 511 g/mol. The highest BCUT2D eigenvalue weighted by atomic mass is 32.2. The Morgan fingerprint density at radius 1 is 0.971 bits per heavy atom. The van der Waals surface area contributed by atoms with Crippen LogP contribution in [0.4, 0.5) is 13.2 Å². The third kappa shape index (κ3) is 6.45. The van der Waals surface area contributed by atoms with Gasteiger partial charge in [0.2, 0.25) is 5.78 Å². The highest BCUT2D eigenvalue weighted by Gasteiger charge is 2.59. The van der Waals surface area contributed by atoms with Crippen molar-refractivity contribution in [3.05, 3.63) is 65.7 Å². The summed E-state index contributed by atoms with van der Waals surface area (Å²) in [5, 5.41) is 6.46. The molecular formula is C22H20F3N3O6S. The molecule has 2 atom stereocenters. The van der Waals surface area contributed by atoms with Crippen molar-refractivity contribution in [3.63, 3.8) is 0 Å². The van der Waals surface area contributed by atoms with Crippen molar-refractivity contribution in [2.45, 2.75) is 23.6 Å². The number of ketones is 2. The molecule has 0 radical (unpaired) electrons. The van der Waals surface area contributed by atoms with Crippen molar-refractivity contribution >= 4 is 41.1 Å². The van der Waals surface area contributed by atoms with E-state index in [2.05, 4.69) is 4.74 Å². The lowest BCUT2D eigenvalue weighted by atomic mass is 9.86. The highest BCUT2D eigenvalue weighted by molar-refractivity contribution is 7.99. The molecule has 186 valence electrons. The number of thioether (sulfide) groups is 1. The predicted octanol–water partition coefficient (Wildman–Crippen LogP) is 2.21. The van der Waals surface area contributed by atoms with Crippen LogP contribution in [0, 0.1) is 5.41 Å². The summed E-state index contributed by atoms with van der Waals surface area (Å²) in [5.74, 6) is -8.46. The number of esters is 2. The van der Waals surface area contributed by atoms with Crippen molar-refractivity contribution in [2.75, 3.05) is 6.26 Å². The summed E-state index contributed by atoms with van der Waals surface area (Å²) in [6.45, 7) is 0. The number of ether oxygens (including phenoxy) is 2. The number of amidine groups is 1. The Bertz CT molecular complexity index is 1130. The summed E-state index contributed by atoms with van der Waals surface area (Å²) >= 11 is 0.972. The van der Waals surface area contributed by atoms with Gasteiger partial charge < -0.3 is 20.9 Å². The first kappa shape index (κ1) is 27.5. The van der Waals surface area contributed by atoms with E-state index < -0.39 is 47.1 Å². The van der Waals surface area contributed by atoms with Gasteiger partial charge in [0.05, 0.1) is 5.37 Å². The SMILES string of the molecule is CSC(N)CC(=O)C(Oc1ccccc1)(C(=O)OC(=O)C(F)(F)F)C(=O)c1ccc(C(=N)N)cc1. The van der Waals surface area contributed by atoms with E-state index in [1.54, 1.807) is 0 Å². The topological polar surface area (TPSA) is 163 Å². The van der Waals surface area contributed by atoms with Crippen LogP contribution < -0.4 is 16.2 Å².